The number of nitrogens with zero attached hydrogens (tertiary/aromatic N) is 8. The second kappa shape index (κ2) is 13.9. The van der Waals surface area contributed by atoms with Crippen molar-refractivity contribution in [2.45, 2.75) is 56.8 Å². The number of rotatable bonds is 7. The number of piperazine rings is 1. The van der Waals surface area contributed by atoms with Crippen molar-refractivity contribution in [1.29, 1.82) is 0 Å². The Balaban J connectivity index is 0.852. The Bertz CT molecular complexity index is 1830. The molecule has 3 saturated heterocycles. The largest absolute Gasteiger partial charge is 0.507 e. The summed E-state index contributed by atoms with van der Waals surface area (Å²) in [5.41, 5.74) is 11.8. The van der Waals surface area contributed by atoms with E-state index in [0.717, 1.165) is 94.1 Å². The third-order valence-electron chi connectivity index (χ3n) is 10.7. The predicted octanol–water partition coefficient (Wildman–Crippen LogP) is 4.97. The van der Waals surface area contributed by atoms with Gasteiger partial charge < -0.3 is 30.3 Å². The maximum absolute atomic E-state index is 12.6. The van der Waals surface area contributed by atoms with Gasteiger partial charge in [0.1, 0.15) is 12.4 Å². The molecular weight excluding hydrogens is 630 g/mol. The van der Waals surface area contributed by atoms with Crippen LogP contribution in [0.4, 0.5) is 22.2 Å². The van der Waals surface area contributed by atoms with Gasteiger partial charge in [-0.25, -0.2) is 14.8 Å². The van der Waals surface area contributed by atoms with Crippen LogP contribution < -0.4 is 15.5 Å². The molecule has 50 heavy (non-hydrogen) atoms. The van der Waals surface area contributed by atoms with Gasteiger partial charge in [0.25, 0.3) is 0 Å². The average Bonchev–Trinajstić information content (AvgIpc) is 3.43. The van der Waals surface area contributed by atoms with Gasteiger partial charge >= 0.3 is 6.09 Å². The van der Waals surface area contributed by atoms with Crippen LogP contribution >= 0.6 is 0 Å². The molecule has 2 aromatic carbocycles. The van der Waals surface area contributed by atoms with Gasteiger partial charge in [-0.05, 0) is 61.4 Å². The highest BCUT2D eigenvalue weighted by atomic mass is 16.6. The van der Waals surface area contributed by atoms with Crippen molar-refractivity contribution in [3.05, 3.63) is 90.3 Å². The van der Waals surface area contributed by atoms with E-state index in [1.54, 1.807) is 12.1 Å². The van der Waals surface area contributed by atoms with Crippen LogP contribution in [0.5, 0.6) is 5.75 Å². The van der Waals surface area contributed by atoms with Crippen LogP contribution in [0, 0.1) is 0 Å². The molecule has 2 aromatic heterocycles. The van der Waals surface area contributed by atoms with Crippen molar-refractivity contribution in [3.63, 3.8) is 0 Å². The van der Waals surface area contributed by atoms with E-state index < -0.39 is 0 Å². The van der Waals surface area contributed by atoms with Crippen LogP contribution in [0.15, 0.2) is 79.1 Å². The molecule has 0 radical (unpaired) electrons. The van der Waals surface area contributed by atoms with E-state index in [2.05, 4.69) is 31.0 Å². The molecular formula is C38H43N9O3. The number of aromatic hydroxyl groups is 1. The molecule has 0 spiro atoms. The number of anilines is 3. The van der Waals surface area contributed by atoms with E-state index in [-0.39, 0.29) is 23.9 Å². The van der Waals surface area contributed by atoms with E-state index in [1.165, 1.54) is 5.57 Å². The topological polar surface area (TPSA) is 137 Å². The van der Waals surface area contributed by atoms with Gasteiger partial charge in [-0.2, -0.15) is 0 Å². The fourth-order valence-corrected chi connectivity index (χ4v) is 8.02. The van der Waals surface area contributed by atoms with Crippen molar-refractivity contribution in [2.24, 2.45) is 0 Å². The lowest BCUT2D eigenvalue weighted by atomic mass is 9.97. The Kier molecular flexibility index (Phi) is 8.93. The quantitative estimate of drug-likeness (QED) is 0.275. The first-order valence-electron chi connectivity index (χ1n) is 17.7. The summed E-state index contributed by atoms with van der Waals surface area (Å²) in [5.74, 6) is 1.34. The molecule has 258 valence electrons. The summed E-state index contributed by atoms with van der Waals surface area (Å²) >= 11 is 0. The Hall–Kier alpha value is -5.23. The molecule has 12 heteroatoms. The van der Waals surface area contributed by atoms with E-state index in [4.69, 9.17) is 20.4 Å². The van der Waals surface area contributed by atoms with E-state index in [0.29, 0.717) is 29.7 Å². The standard InChI is InChI=1S/C38H43N9O3/c39-36-34(20-33(42-43-36)32-8-4-5-9-35(32)48)46-23-30-10-11-31(24-46)47(30)37-40-21-28(22-41-37)27-12-16-44(17-13-27)29-14-18-45(19-15-29)38(49)50-25-26-6-2-1-3-7-26/h1-9,12,20-22,29-31,48H,10-11,13-19,23-25H2,(H2,39,43). The zero-order valence-electron chi connectivity index (χ0n) is 28.1. The van der Waals surface area contributed by atoms with Crippen LogP contribution in [-0.4, -0.2) is 98.6 Å². The number of phenols is 1. The number of ether oxygens (including phenoxy) is 1. The normalized spacial score (nSPS) is 21.3. The summed E-state index contributed by atoms with van der Waals surface area (Å²) in [6.07, 6.45) is 11.1. The molecule has 6 heterocycles. The number of piperidine rings is 1. The Morgan fingerprint density at radius 2 is 1.60 bits per heavy atom. The predicted molar refractivity (Wildman–Crippen MR) is 192 cm³/mol. The molecule has 2 unspecified atom stereocenters. The Morgan fingerprint density at radius 1 is 0.880 bits per heavy atom. The van der Waals surface area contributed by atoms with Gasteiger partial charge in [-0.15, -0.1) is 10.2 Å². The van der Waals surface area contributed by atoms with Crippen LogP contribution in [-0.2, 0) is 11.3 Å². The minimum atomic E-state index is -0.221. The van der Waals surface area contributed by atoms with Crippen molar-refractivity contribution in [3.8, 4) is 17.0 Å². The number of hydrogen-bond donors (Lipinski definition) is 2. The monoisotopic (exact) mass is 673 g/mol. The zero-order chi connectivity index (χ0) is 34.0. The number of likely N-dealkylation sites (tertiary alicyclic amines) is 1. The van der Waals surface area contributed by atoms with Gasteiger partial charge in [-0.1, -0.05) is 48.5 Å². The second-order valence-corrected chi connectivity index (χ2v) is 13.7. The smallest absolute Gasteiger partial charge is 0.410 e. The number of amides is 1. The molecule has 2 bridgehead atoms. The number of nitrogen functional groups attached to an aromatic ring is 1. The number of fused-ring (bicyclic) bond motifs is 2. The summed E-state index contributed by atoms with van der Waals surface area (Å²) in [6, 6.07) is 19.9. The molecule has 3 fully saturated rings. The Labute approximate surface area is 292 Å². The summed E-state index contributed by atoms with van der Waals surface area (Å²) in [7, 11) is 0. The molecule has 2 atom stereocenters. The molecule has 3 N–H and O–H groups in total. The van der Waals surface area contributed by atoms with Crippen molar-refractivity contribution >= 4 is 29.1 Å². The van der Waals surface area contributed by atoms with Crippen LogP contribution in [0.25, 0.3) is 16.8 Å². The first-order chi connectivity index (χ1) is 24.5. The van der Waals surface area contributed by atoms with Crippen molar-refractivity contribution in [2.75, 3.05) is 54.8 Å². The summed E-state index contributed by atoms with van der Waals surface area (Å²) in [6.45, 7) is 5.21. The van der Waals surface area contributed by atoms with Crippen molar-refractivity contribution in [1.82, 2.24) is 30.0 Å². The number of carbonyl (C=O) groups is 1. The van der Waals surface area contributed by atoms with Crippen LogP contribution in [0.3, 0.4) is 0 Å². The molecule has 4 aromatic rings. The Morgan fingerprint density at radius 3 is 2.30 bits per heavy atom. The molecule has 1 amide bonds. The maximum Gasteiger partial charge on any atom is 0.410 e. The lowest BCUT2D eigenvalue weighted by Gasteiger charge is -2.42. The third kappa shape index (κ3) is 6.55. The van der Waals surface area contributed by atoms with Crippen molar-refractivity contribution < 1.29 is 14.6 Å². The number of carbonyl (C=O) groups excluding carboxylic acids is 1. The van der Waals surface area contributed by atoms with Crippen LogP contribution in [0.1, 0.15) is 43.2 Å². The number of aromatic nitrogens is 4. The average molecular weight is 674 g/mol. The van der Waals surface area contributed by atoms with E-state index >= 15 is 0 Å². The molecule has 8 rings (SSSR count). The van der Waals surface area contributed by atoms with E-state index in [9.17, 15) is 9.90 Å². The molecule has 4 aliphatic heterocycles. The lowest BCUT2D eigenvalue weighted by molar-refractivity contribution is 0.0701. The second-order valence-electron chi connectivity index (χ2n) is 13.7. The minimum absolute atomic E-state index is 0.167. The zero-order valence-corrected chi connectivity index (χ0v) is 28.1. The minimum Gasteiger partial charge on any atom is -0.507 e. The van der Waals surface area contributed by atoms with Gasteiger partial charge in [0.2, 0.25) is 5.95 Å². The highest BCUT2D eigenvalue weighted by Crippen LogP contribution is 2.38. The first-order valence-corrected chi connectivity index (χ1v) is 17.7. The maximum atomic E-state index is 12.6. The van der Waals surface area contributed by atoms with Gasteiger partial charge in [0.15, 0.2) is 5.82 Å². The van der Waals surface area contributed by atoms with Gasteiger partial charge in [0, 0.05) is 80.9 Å². The molecule has 0 saturated carbocycles. The highest BCUT2D eigenvalue weighted by molar-refractivity contribution is 5.74. The fraction of sp³-hybridized carbons (Fsp3) is 0.395. The number of para-hydroxylation sites is 1. The number of hydrogen-bond acceptors (Lipinski definition) is 11. The highest BCUT2D eigenvalue weighted by Gasteiger charge is 2.42. The first kappa shape index (κ1) is 32.0. The van der Waals surface area contributed by atoms with Gasteiger partial charge in [0.05, 0.1) is 11.4 Å². The molecule has 0 aliphatic carbocycles. The summed E-state index contributed by atoms with van der Waals surface area (Å²) in [4.78, 5) is 31.4. The van der Waals surface area contributed by atoms with Crippen LogP contribution in [0.2, 0.25) is 0 Å². The number of phenolic OH excluding ortho intramolecular Hbond substituents is 1. The molecule has 4 aliphatic rings. The SMILES string of the molecule is Nc1nnc(-c2ccccc2O)cc1N1CC2CCC(C1)N2c1ncc(C2=CCN(C3CCN(C(=O)OCc4ccccc4)CC3)CC2)cn1. The van der Waals surface area contributed by atoms with E-state index in [1.807, 2.05) is 65.8 Å². The summed E-state index contributed by atoms with van der Waals surface area (Å²) < 4.78 is 5.55. The number of benzene rings is 2. The number of nitrogens with two attached hydrogens (primary N) is 1. The van der Waals surface area contributed by atoms with Gasteiger partial charge in [-0.3, -0.25) is 4.90 Å². The third-order valence-corrected chi connectivity index (χ3v) is 10.7. The summed E-state index contributed by atoms with van der Waals surface area (Å²) in [5, 5.41) is 18.9. The lowest BCUT2D eigenvalue weighted by Crippen LogP contribution is -2.54. The molecule has 12 nitrogen and oxygen atoms in total. The fourth-order valence-electron chi connectivity index (χ4n) is 8.02.